The molecule has 1 aromatic rings. The van der Waals surface area contributed by atoms with Gasteiger partial charge in [-0.25, -0.2) is 0 Å². The van der Waals surface area contributed by atoms with Crippen molar-refractivity contribution >= 4 is 11.8 Å². The van der Waals surface area contributed by atoms with Crippen LogP contribution in [0, 0.1) is 0 Å². The molecule has 0 unspecified atom stereocenters. The van der Waals surface area contributed by atoms with Gasteiger partial charge in [0.15, 0.2) is 0 Å². The highest BCUT2D eigenvalue weighted by atomic mass is 16.2. The van der Waals surface area contributed by atoms with E-state index in [9.17, 15) is 9.59 Å². The molecule has 1 rings (SSSR count). The molecule has 0 aliphatic heterocycles. The molecule has 2 amide bonds. The summed E-state index contributed by atoms with van der Waals surface area (Å²) in [4.78, 5) is 21.9. The van der Waals surface area contributed by atoms with Gasteiger partial charge in [0.05, 0.1) is 0 Å². The van der Waals surface area contributed by atoms with Gasteiger partial charge >= 0.3 is 0 Å². The highest BCUT2D eigenvalue weighted by Gasteiger charge is 2.02. The Morgan fingerprint density at radius 1 is 1.20 bits per heavy atom. The van der Waals surface area contributed by atoms with E-state index in [1.807, 2.05) is 6.07 Å². The molecule has 0 aromatic heterocycles. The Morgan fingerprint density at radius 2 is 1.87 bits per heavy atom. The topological polar surface area (TPSA) is 72.2 Å². The molecule has 4 nitrogen and oxygen atoms in total. The van der Waals surface area contributed by atoms with Gasteiger partial charge in [0.25, 0.3) is 5.91 Å². The van der Waals surface area contributed by atoms with Crippen LogP contribution in [0.1, 0.15) is 23.2 Å². The quantitative estimate of drug-likeness (QED) is 0.695. The molecule has 0 spiro atoms. The van der Waals surface area contributed by atoms with Gasteiger partial charge in [0.2, 0.25) is 5.91 Å². The molecule has 0 heterocycles. The minimum Gasteiger partial charge on any atom is -0.370 e. The number of rotatable bonds is 5. The zero-order valence-corrected chi connectivity index (χ0v) is 8.40. The molecule has 4 heteroatoms. The third kappa shape index (κ3) is 4.26. The predicted octanol–water partition coefficient (Wildman–Crippen LogP) is 0.682. The van der Waals surface area contributed by atoms with Crippen LogP contribution in [-0.4, -0.2) is 18.4 Å². The Balaban J connectivity index is 2.28. The second-order valence-electron chi connectivity index (χ2n) is 3.19. The van der Waals surface area contributed by atoms with Crippen LogP contribution in [0.2, 0.25) is 0 Å². The lowest BCUT2D eigenvalue weighted by Crippen LogP contribution is -2.25. The van der Waals surface area contributed by atoms with Crippen molar-refractivity contribution in [1.82, 2.24) is 5.32 Å². The van der Waals surface area contributed by atoms with Gasteiger partial charge in [-0.2, -0.15) is 0 Å². The van der Waals surface area contributed by atoms with Crippen molar-refractivity contribution in [2.75, 3.05) is 6.54 Å². The molecular formula is C11H14N2O2. The van der Waals surface area contributed by atoms with Crippen LogP contribution in [0.25, 0.3) is 0 Å². The maximum atomic E-state index is 11.5. The summed E-state index contributed by atoms with van der Waals surface area (Å²) in [6.45, 7) is 0.469. The van der Waals surface area contributed by atoms with Gasteiger partial charge in [0.1, 0.15) is 0 Å². The SMILES string of the molecule is NC(=O)CCCNC(=O)c1ccccc1. The average molecular weight is 206 g/mol. The van der Waals surface area contributed by atoms with Crippen LogP contribution < -0.4 is 11.1 Å². The number of benzene rings is 1. The fourth-order valence-corrected chi connectivity index (χ4v) is 1.16. The molecule has 0 aliphatic carbocycles. The lowest BCUT2D eigenvalue weighted by Gasteiger charge is -2.03. The molecule has 0 atom stereocenters. The van der Waals surface area contributed by atoms with Crippen LogP contribution in [-0.2, 0) is 4.79 Å². The summed E-state index contributed by atoms with van der Waals surface area (Å²) in [6.07, 6.45) is 0.878. The van der Waals surface area contributed by atoms with E-state index in [1.54, 1.807) is 24.3 Å². The summed E-state index contributed by atoms with van der Waals surface area (Å²) in [7, 11) is 0. The maximum absolute atomic E-state index is 11.5. The van der Waals surface area contributed by atoms with Crippen LogP contribution in [0.5, 0.6) is 0 Å². The number of nitrogens with one attached hydrogen (secondary N) is 1. The van der Waals surface area contributed by atoms with E-state index in [2.05, 4.69) is 5.32 Å². The summed E-state index contributed by atoms with van der Waals surface area (Å²) in [6, 6.07) is 8.94. The lowest BCUT2D eigenvalue weighted by molar-refractivity contribution is -0.118. The van der Waals surface area contributed by atoms with Gasteiger partial charge in [-0.05, 0) is 18.6 Å². The predicted molar refractivity (Wildman–Crippen MR) is 57.2 cm³/mol. The van der Waals surface area contributed by atoms with Gasteiger partial charge in [-0.1, -0.05) is 18.2 Å². The number of hydrogen-bond acceptors (Lipinski definition) is 2. The summed E-state index contributed by atoms with van der Waals surface area (Å²) in [5, 5.41) is 2.71. The van der Waals surface area contributed by atoms with E-state index in [0.717, 1.165) is 0 Å². The fourth-order valence-electron chi connectivity index (χ4n) is 1.16. The Bertz CT molecular complexity index is 336. The Labute approximate surface area is 88.5 Å². The number of amides is 2. The number of primary amides is 1. The third-order valence-electron chi connectivity index (χ3n) is 1.92. The summed E-state index contributed by atoms with van der Waals surface area (Å²) in [5.41, 5.74) is 5.59. The van der Waals surface area contributed by atoms with Crippen LogP contribution in [0.15, 0.2) is 30.3 Å². The van der Waals surface area contributed by atoms with E-state index >= 15 is 0 Å². The highest BCUT2D eigenvalue weighted by Crippen LogP contribution is 1.97. The van der Waals surface area contributed by atoms with Gasteiger partial charge in [0, 0.05) is 18.5 Å². The first-order chi connectivity index (χ1) is 7.20. The van der Waals surface area contributed by atoms with E-state index in [4.69, 9.17) is 5.73 Å². The molecule has 15 heavy (non-hydrogen) atoms. The normalized spacial score (nSPS) is 9.60. The van der Waals surface area contributed by atoms with Crippen molar-refractivity contribution < 1.29 is 9.59 Å². The Morgan fingerprint density at radius 3 is 2.47 bits per heavy atom. The fraction of sp³-hybridized carbons (Fsp3) is 0.273. The molecule has 0 bridgehead atoms. The summed E-state index contributed by atoms with van der Waals surface area (Å²) < 4.78 is 0. The molecule has 1 aromatic carbocycles. The van der Waals surface area contributed by atoms with Crippen LogP contribution >= 0.6 is 0 Å². The van der Waals surface area contributed by atoms with E-state index in [0.29, 0.717) is 24.9 Å². The van der Waals surface area contributed by atoms with Crippen molar-refractivity contribution in [2.45, 2.75) is 12.8 Å². The zero-order valence-electron chi connectivity index (χ0n) is 8.40. The monoisotopic (exact) mass is 206 g/mol. The zero-order chi connectivity index (χ0) is 11.1. The Hall–Kier alpha value is -1.84. The molecule has 0 saturated heterocycles. The van der Waals surface area contributed by atoms with E-state index in [-0.39, 0.29) is 11.8 Å². The summed E-state index contributed by atoms with van der Waals surface area (Å²) in [5.74, 6) is -0.468. The van der Waals surface area contributed by atoms with Crippen molar-refractivity contribution in [3.05, 3.63) is 35.9 Å². The van der Waals surface area contributed by atoms with Gasteiger partial charge in [-0.3, -0.25) is 9.59 Å². The van der Waals surface area contributed by atoms with Crippen molar-refractivity contribution in [3.63, 3.8) is 0 Å². The molecule has 0 aliphatic rings. The first kappa shape index (κ1) is 11.2. The number of carbonyl (C=O) groups excluding carboxylic acids is 2. The highest BCUT2D eigenvalue weighted by molar-refractivity contribution is 5.94. The molecule has 80 valence electrons. The van der Waals surface area contributed by atoms with E-state index < -0.39 is 0 Å². The van der Waals surface area contributed by atoms with Crippen LogP contribution in [0.3, 0.4) is 0 Å². The minimum absolute atomic E-state index is 0.125. The first-order valence-corrected chi connectivity index (χ1v) is 4.81. The summed E-state index contributed by atoms with van der Waals surface area (Å²) >= 11 is 0. The lowest BCUT2D eigenvalue weighted by atomic mass is 10.2. The maximum Gasteiger partial charge on any atom is 0.251 e. The van der Waals surface area contributed by atoms with E-state index in [1.165, 1.54) is 0 Å². The second kappa shape index (κ2) is 5.80. The average Bonchev–Trinajstić information content (AvgIpc) is 2.25. The first-order valence-electron chi connectivity index (χ1n) is 4.81. The molecular weight excluding hydrogens is 192 g/mol. The van der Waals surface area contributed by atoms with Gasteiger partial charge < -0.3 is 11.1 Å². The second-order valence-corrected chi connectivity index (χ2v) is 3.19. The minimum atomic E-state index is -0.344. The van der Waals surface area contributed by atoms with Crippen molar-refractivity contribution in [2.24, 2.45) is 5.73 Å². The number of hydrogen-bond donors (Lipinski definition) is 2. The molecule has 0 fully saturated rings. The number of nitrogens with two attached hydrogens (primary N) is 1. The standard InChI is InChI=1S/C11H14N2O2/c12-10(14)7-4-8-13-11(15)9-5-2-1-3-6-9/h1-3,5-6H,4,7-8H2,(H2,12,14)(H,13,15). The van der Waals surface area contributed by atoms with Crippen molar-refractivity contribution in [3.8, 4) is 0 Å². The Kier molecular flexibility index (Phi) is 4.34. The molecule has 0 saturated carbocycles. The molecule has 0 radical (unpaired) electrons. The largest absolute Gasteiger partial charge is 0.370 e. The smallest absolute Gasteiger partial charge is 0.251 e. The molecule has 3 N–H and O–H groups in total. The van der Waals surface area contributed by atoms with Crippen LogP contribution in [0.4, 0.5) is 0 Å². The van der Waals surface area contributed by atoms with Gasteiger partial charge in [-0.15, -0.1) is 0 Å². The third-order valence-corrected chi connectivity index (χ3v) is 1.92. The van der Waals surface area contributed by atoms with Crippen molar-refractivity contribution in [1.29, 1.82) is 0 Å². The number of carbonyl (C=O) groups is 2.